The molecular formula is C58H112N2O6P+. The van der Waals surface area contributed by atoms with E-state index in [2.05, 4.69) is 55.6 Å². The zero-order valence-electron chi connectivity index (χ0n) is 44.9. The number of aliphatic hydroxyl groups excluding tert-OH is 1. The summed E-state index contributed by atoms with van der Waals surface area (Å²) in [6.45, 7) is 4.79. The highest BCUT2D eigenvalue weighted by Crippen LogP contribution is 2.43. The molecule has 0 aliphatic carbocycles. The van der Waals surface area contributed by atoms with Gasteiger partial charge < -0.3 is 19.8 Å². The third-order valence-electron chi connectivity index (χ3n) is 12.8. The summed E-state index contributed by atoms with van der Waals surface area (Å²) >= 11 is 0. The fourth-order valence-electron chi connectivity index (χ4n) is 8.27. The Kier molecular flexibility index (Phi) is 48.3. The van der Waals surface area contributed by atoms with Gasteiger partial charge in [-0.05, 0) is 64.2 Å². The van der Waals surface area contributed by atoms with E-state index in [1.807, 2.05) is 27.2 Å². The molecule has 0 radical (unpaired) electrons. The molecule has 0 saturated heterocycles. The number of hydrogen-bond donors (Lipinski definition) is 3. The lowest BCUT2D eigenvalue weighted by molar-refractivity contribution is -0.870. The molecule has 0 aliphatic heterocycles. The summed E-state index contributed by atoms with van der Waals surface area (Å²) in [7, 11) is 1.56. The number of hydrogen-bond acceptors (Lipinski definition) is 5. The molecule has 0 rings (SSSR count). The van der Waals surface area contributed by atoms with Crippen LogP contribution in [0.4, 0.5) is 0 Å². The van der Waals surface area contributed by atoms with Gasteiger partial charge in [0.2, 0.25) is 5.91 Å². The lowest BCUT2D eigenvalue weighted by Crippen LogP contribution is -2.45. The van der Waals surface area contributed by atoms with E-state index in [1.54, 1.807) is 6.08 Å². The Morgan fingerprint density at radius 2 is 0.866 bits per heavy atom. The number of allylic oxidation sites excluding steroid dienone is 7. The average molecular weight is 965 g/mol. The Bertz CT molecular complexity index is 1230. The van der Waals surface area contributed by atoms with E-state index in [4.69, 9.17) is 9.05 Å². The standard InChI is InChI=1S/C58H111N2O6P/c1-6-8-10-12-14-16-18-20-22-23-24-25-26-27-28-29-30-31-32-33-34-35-36-37-38-40-42-44-46-48-50-52-58(62)59-56(55-66-67(63,64)65-54-53-60(3,4)5)57(61)51-49-47-45-43-41-39-21-19-17-15-13-11-9-7-2/h18,20,23-24,41,43,49,51,56-57,61H,6-17,19,21-22,25-40,42,44-48,50,52-55H2,1-5H3,(H-,59,62,63,64)/p+1/b20-18-,24-23-,43-41+,51-49+. The molecule has 0 heterocycles. The molecule has 8 nitrogen and oxygen atoms in total. The van der Waals surface area contributed by atoms with E-state index < -0.39 is 20.0 Å². The number of likely N-dealkylation sites (N-methyl/N-ethyl adjacent to an activating group) is 1. The monoisotopic (exact) mass is 964 g/mol. The van der Waals surface area contributed by atoms with Gasteiger partial charge in [0.05, 0.1) is 39.9 Å². The molecule has 3 atom stereocenters. The van der Waals surface area contributed by atoms with E-state index in [0.717, 1.165) is 44.9 Å². The second kappa shape index (κ2) is 49.4. The van der Waals surface area contributed by atoms with Crippen LogP contribution in [0.3, 0.4) is 0 Å². The third kappa shape index (κ3) is 52.1. The van der Waals surface area contributed by atoms with Gasteiger partial charge in [0.1, 0.15) is 13.2 Å². The number of carbonyl (C=O) groups is 1. The number of rotatable bonds is 52. The van der Waals surface area contributed by atoms with Crippen LogP contribution < -0.4 is 5.32 Å². The lowest BCUT2D eigenvalue weighted by Gasteiger charge is -2.25. The molecule has 0 saturated carbocycles. The fourth-order valence-corrected chi connectivity index (χ4v) is 9.00. The van der Waals surface area contributed by atoms with Crippen molar-refractivity contribution in [2.24, 2.45) is 0 Å². The Hall–Kier alpha value is -1.54. The summed E-state index contributed by atoms with van der Waals surface area (Å²) in [5.41, 5.74) is 0. The summed E-state index contributed by atoms with van der Waals surface area (Å²) in [6, 6.07) is -0.862. The van der Waals surface area contributed by atoms with E-state index in [0.29, 0.717) is 17.4 Å². The zero-order valence-corrected chi connectivity index (χ0v) is 45.8. The zero-order chi connectivity index (χ0) is 49.2. The Morgan fingerprint density at radius 1 is 0.507 bits per heavy atom. The molecule has 0 bridgehead atoms. The number of nitrogens with one attached hydrogen (secondary N) is 1. The molecule has 9 heteroatoms. The first kappa shape index (κ1) is 65.5. The van der Waals surface area contributed by atoms with Gasteiger partial charge in [-0.1, -0.05) is 242 Å². The quantitative estimate of drug-likeness (QED) is 0.0243. The average Bonchev–Trinajstić information content (AvgIpc) is 3.29. The van der Waals surface area contributed by atoms with Crippen LogP contribution in [-0.2, 0) is 18.4 Å². The number of unbranched alkanes of at least 4 members (excludes halogenated alkanes) is 33. The van der Waals surface area contributed by atoms with Gasteiger partial charge in [0.15, 0.2) is 0 Å². The van der Waals surface area contributed by atoms with Crippen LogP contribution in [0, 0.1) is 0 Å². The molecule has 0 aromatic carbocycles. The van der Waals surface area contributed by atoms with E-state index in [9.17, 15) is 19.4 Å². The van der Waals surface area contributed by atoms with Crippen LogP contribution in [0.5, 0.6) is 0 Å². The van der Waals surface area contributed by atoms with Crippen molar-refractivity contribution >= 4 is 13.7 Å². The van der Waals surface area contributed by atoms with Gasteiger partial charge in [0, 0.05) is 6.42 Å². The largest absolute Gasteiger partial charge is 0.472 e. The molecule has 3 unspecified atom stereocenters. The topological polar surface area (TPSA) is 105 Å². The summed E-state index contributed by atoms with van der Waals surface area (Å²) in [6.07, 6.45) is 65.1. The first-order chi connectivity index (χ1) is 32.5. The predicted octanol–water partition coefficient (Wildman–Crippen LogP) is 17.2. The van der Waals surface area contributed by atoms with E-state index in [1.165, 1.54) is 199 Å². The fraction of sp³-hybridized carbons (Fsp3) is 0.845. The van der Waals surface area contributed by atoms with Crippen molar-refractivity contribution in [3.63, 3.8) is 0 Å². The van der Waals surface area contributed by atoms with Crippen LogP contribution in [0.2, 0.25) is 0 Å². The smallest absolute Gasteiger partial charge is 0.387 e. The highest BCUT2D eigenvalue weighted by atomic mass is 31.2. The maximum atomic E-state index is 12.9. The second-order valence-electron chi connectivity index (χ2n) is 20.7. The lowest BCUT2D eigenvalue weighted by atomic mass is 10.0. The molecule has 3 N–H and O–H groups in total. The second-order valence-corrected chi connectivity index (χ2v) is 22.1. The van der Waals surface area contributed by atoms with Crippen molar-refractivity contribution in [2.45, 2.75) is 276 Å². The highest BCUT2D eigenvalue weighted by Gasteiger charge is 2.27. The summed E-state index contributed by atoms with van der Waals surface area (Å²) in [5, 5.41) is 13.9. The van der Waals surface area contributed by atoms with Crippen molar-refractivity contribution in [1.29, 1.82) is 0 Å². The minimum Gasteiger partial charge on any atom is -0.387 e. The van der Waals surface area contributed by atoms with Gasteiger partial charge in [-0.2, -0.15) is 0 Å². The predicted molar refractivity (Wildman–Crippen MR) is 291 cm³/mol. The third-order valence-corrected chi connectivity index (χ3v) is 13.8. The van der Waals surface area contributed by atoms with Crippen molar-refractivity contribution in [3.8, 4) is 0 Å². The number of aliphatic hydroxyl groups is 1. The highest BCUT2D eigenvalue weighted by molar-refractivity contribution is 7.47. The summed E-state index contributed by atoms with van der Waals surface area (Å²) < 4.78 is 23.6. The number of carbonyl (C=O) groups excluding carboxylic acids is 1. The van der Waals surface area contributed by atoms with Crippen LogP contribution >= 0.6 is 7.82 Å². The van der Waals surface area contributed by atoms with Gasteiger partial charge in [0.25, 0.3) is 0 Å². The van der Waals surface area contributed by atoms with Gasteiger partial charge in [-0.15, -0.1) is 0 Å². The van der Waals surface area contributed by atoms with Crippen molar-refractivity contribution in [3.05, 3.63) is 48.6 Å². The van der Waals surface area contributed by atoms with Crippen molar-refractivity contribution in [1.82, 2.24) is 5.32 Å². The summed E-state index contributed by atoms with van der Waals surface area (Å²) in [4.78, 5) is 23.2. The van der Waals surface area contributed by atoms with Crippen LogP contribution in [0.25, 0.3) is 0 Å². The van der Waals surface area contributed by atoms with Crippen LogP contribution in [-0.4, -0.2) is 73.4 Å². The minimum absolute atomic E-state index is 0.0566. The normalized spacial score (nSPS) is 14.3. The molecule has 0 aromatic heterocycles. The summed E-state index contributed by atoms with van der Waals surface area (Å²) in [5.74, 6) is -0.185. The Morgan fingerprint density at radius 3 is 1.28 bits per heavy atom. The molecule has 67 heavy (non-hydrogen) atoms. The van der Waals surface area contributed by atoms with Crippen LogP contribution in [0.15, 0.2) is 48.6 Å². The van der Waals surface area contributed by atoms with Crippen molar-refractivity contribution in [2.75, 3.05) is 40.9 Å². The molecule has 1 amide bonds. The van der Waals surface area contributed by atoms with Gasteiger partial charge >= 0.3 is 7.82 Å². The number of amides is 1. The Balaban J connectivity index is 4.08. The molecule has 0 aliphatic rings. The SMILES string of the molecule is CCCCCCC/C=C\C/C=C\CCCCCCCCCCCCCCCCCCCCCC(=O)NC(COP(=O)(O)OCC[N+](C)(C)C)C(O)/C=C/CC/C=C/CCCCCCCCCC. The molecular weight excluding hydrogens is 852 g/mol. The molecule has 0 fully saturated rings. The Labute approximate surface area is 416 Å². The molecule has 0 spiro atoms. The maximum absolute atomic E-state index is 12.9. The number of quaternary nitrogens is 1. The number of phosphoric acid groups is 1. The maximum Gasteiger partial charge on any atom is 0.472 e. The van der Waals surface area contributed by atoms with Crippen molar-refractivity contribution < 1.29 is 32.9 Å². The molecule has 394 valence electrons. The van der Waals surface area contributed by atoms with E-state index in [-0.39, 0.29) is 19.1 Å². The molecule has 0 aromatic rings. The first-order valence-electron chi connectivity index (χ1n) is 28.5. The number of nitrogens with zero attached hydrogens (tertiary/aromatic N) is 1. The van der Waals surface area contributed by atoms with Gasteiger partial charge in [-0.25, -0.2) is 4.57 Å². The minimum atomic E-state index is -4.35. The van der Waals surface area contributed by atoms with Crippen LogP contribution in [0.1, 0.15) is 264 Å². The van der Waals surface area contributed by atoms with Gasteiger partial charge in [-0.3, -0.25) is 13.8 Å². The van der Waals surface area contributed by atoms with E-state index >= 15 is 0 Å². The first-order valence-corrected chi connectivity index (χ1v) is 30.0. The number of phosphoric ester groups is 1.